The molecule has 348 valence electrons. The van der Waals surface area contributed by atoms with Crippen LogP contribution in [0, 0.1) is 11.3 Å². The number of nitrogens with zero attached hydrogens (tertiary/aromatic N) is 5. The molecule has 0 saturated carbocycles. The molecule has 0 saturated heterocycles. The fraction of sp³-hybridized carbons (Fsp3) is 0.167. The lowest BCUT2D eigenvalue weighted by Gasteiger charge is -2.21. The van der Waals surface area contributed by atoms with Crippen molar-refractivity contribution in [1.29, 1.82) is 5.26 Å². The average Bonchev–Trinajstić information content (AvgIpc) is 3.99. The third-order valence-electron chi connectivity index (χ3n) is 11.3. The van der Waals surface area contributed by atoms with Crippen molar-refractivity contribution in [2.24, 2.45) is 0 Å². The van der Waals surface area contributed by atoms with Crippen LogP contribution in [0.2, 0.25) is 0 Å². The Morgan fingerprint density at radius 2 is 1.16 bits per heavy atom. The van der Waals surface area contributed by atoms with Gasteiger partial charge in [0.05, 0.1) is 49.6 Å². The summed E-state index contributed by atoms with van der Waals surface area (Å²) in [5.41, 5.74) is 4.83. The molecule has 3 N–H and O–H groups in total. The van der Waals surface area contributed by atoms with Crippen molar-refractivity contribution in [3.8, 4) is 33.5 Å². The van der Waals surface area contributed by atoms with Crippen LogP contribution in [0.3, 0.4) is 0 Å². The molecule has 15 heteroatoms. The summed E-state index contributed by atoms with van der Waals surface area (Å²) in [5.74, 6) is -2.90. The summed E-state index contributed by atoms with van der Waals surface area (Å²) in [5, 5.41) is 39.8. The van der Waals surface area contributed by atoms with E-state index in [0.717, 1.165) is 63.0 Å². The van der Waals surface area contributed by atoms with Crippen molar-refractivity contribution < 1.29 is 34.1 Å². The van der Waals surface area contributed by atoms with Gasteiger partial charge in [0.1, 0.15) is 26.9 Å². The first-order valence-electron chi connectivity index (χ1n) is 22.1. The summed E-state index contributed by atoms with van der Waals surface area (Å²) in [6, 6.07) is 40.9. The predicted molar refractivity (Wildman–Crippen MR) is 274 cm³/mol. The molecule has 0 aliphatic heterocycles. The number of rotatable bonds is 13. The van der Waals surface area contributed by atoms with E-state index in [1.807, 2.05) is 85.5 Å². The largest absolute Gasteiger partial charge is 0.507 e. The van der Waals surface area contributed by atoms with Gasteiger partial charge in [0.25, 0.3) is 0 Å². The number of hydrogen-bond donors (Lipinski definition) is 3. The monoisotopic (exact) mass is 957 g/mol. The number of anilines is 2. The zero-order chi connectivity index (χ0) is 49.2. The maximum Gasteiger partial charge on any atom is 0.347 e. The number of aromatic nitrogens is 2. The summed E-state index contributed by atoms with van der Waals surface area (Å²) in [6.07, 6.45) is 0.416. The zero-order valence-electron chi connectivity index (χ0n) is 38.2. The summed E-state index contributed by atoms with van der Waals surface area (Å²) < 4.78 is 7.91. The van der Waals surface area contributed by atoms with Crippen LogP contribution < -0.4 is 15.4 Å². The van der Waals surface area contributed by atoms with Crippen molar-refractivity contribution in [1.82, 2.24) is 9.97 Å². The Morgan fingerprint density at radius 1 is 0.623 bits per heavy atom. The van der Waals surface area contributed by atoms with Crippen molar-refractivity contribution in [3.63, 3.8) is 0 Å². The van der Waals surface area contributed by atoms with Gasteiger partial charge in [0.2, 0.25) is 0 Å². The molecular formula is C54H47N5O8S2. The number of carboxylic acids is 2. The molecule has 3 aromatic heterocycles. The molecule has 9 rings (SSSR count). The molecule has 13 nitrogen and oxygen atoms in total. The van der Waals surface area contributed by atoms with Gasteiger partial charge in [-0.3, -0.25) is 4.79 Å². The number of carbonyl (C=O) groups is 3. The minimum absolute atomic E-state index is 0.0610. The Hall–Kier alpha value is -8.19. The van der Waals surface area contributed by atoms with E-state index in [9.17, 15) is 34.5 Å². The Kier molecular flexibility index (Phi) is 15.6. The minimum atomic E-state index is -1.17. The van der Waals surface area contributed by atoms with E-state index in [1.165, 1.54) is 35.6 Å². The van der Waals surface area contributed by atoms with Crippen molar-refractivity contribution in [2.45, 2.75) is 34.1 Å². The topological polar surface area (TPSA) is 198 Å². The van der Waals surface area contributed by atoms with Gasteiger partial charge in [-0.1, -0.05) is 60.7 Å². The van der Waals surface area contributed by atoms with Gasteiger partial charge < -0.3 is 29.5 Å². The number of benzene rings is 6. The maximum atomic E-state index is 13.4. The molecular weight excluding hydrogens is 911 g/mol. The van der Waals surface area contributed by atoms with E-state index < -0.39 is 23.3 Å². The number of hydrogen-bond acceptors (Lipinski definition) is 13. The van der Waals surface area contributed by atoms with Gasteiger partial charge >= 0.3 is 17.6 Å². The normalized spacial score (nSPS) is 10.7. The average molecular weight is 958 g/mol. The highest BCUT2D eigenvalue weighted by molar-refractivity contribution is 7.21. The lowest BCUT2D eigenvalue weighted by molar-refractivity contribution is 0.0685. The number of ketones is 1. The molecule has 0 atom stereocenters. The highest BCUT2D eigenvalue weighted by Crippen LogP contribution is 2.41. The van der Waals surface area contributed by atoms with Crippen molar-refractivity contribution in [2.75, 3.05) is 36.0 Å². The van der Waals surface area contributed by atoms with Gasteiger partial charge in [-0.05, 0) is 93.9 Å². The van der Waals surface area contributed by atoms with Crippen LogP contribution >= 0.6 is 22.7 Å². The van der Waals surface area contributed by atoms with E-state index in [1.54, 1.807) is 53.8 Å². The zero-order valence-corrected chi connectivity index (χ0v) is 39.8. The summed E-state index contributed by atoms with van der Waals surface area (Å²) in [6.45, 7) is 11.3. The van der Waals surface area contributed by atoms with Crippen LogP contribution in [0.5, 0.6) is 5.75 Å². The third kappa shape index (κ3) is 10.7. The summed E-state index contributed by atoms with van der Waals surface area (Å²) in [4.78, 5) is 62.6. The van der Waals surface area contributed by atoms with Crippen LogP contribution in [0.1, 0.15) is 69.3 Å². The quantitative estimate of drug-likeness (QED) is 0.0729. The van der Waals surface area contributed by atoms with Gasteiger partial charge in [0, 0.05) is 66.2 Å². The SMILES string of the molecule is CCN(CC)c1ccc(C(=O)c2ccccc2C(=O)O)c(O)c1.CCN(CC)c1ccc2c(-c3ccccc3C(=O)O)c(-c3nc4ccccc4s3)c(=O)oc2c1.N#CCc1nc2ccccc2s1. The van der Waals surface area contributed by atoms with Crippen LogP contribution in [-0.2, 0) is 6.42 Å². The van der Waals surface area contributed by atoms with E-state index in [2.05, 4.69) is 34.8 Å². The third-order valence-corrected chi connectivity index (χ3v) is 13.4. The number of nitriles is 1. The first-order valence-corrected chi connectivity index (χ1v) is 23.7. The van der Waals surface area contributed by atoms with E-state index >= 15 is 0 Å². The molecule has 69 heavy (non-hydrogen) atoms. The molecule has 0 spiro atoms. The Balaban J connectivity index is 0.000000172. The molecule has 0 aliphatic rings. The number of aromatic hydroxyl groups is 1. The molecule has 0 unspecified atom stereocenters. The second-order valence-electron chi connectivity index (χ2n) is 15.3. The van der Waals surface area contributed by atoms with E-state index in [4.69, 9.17) is 9.68 Å². The maximum absolute atomic E-state index is 13.4. The molecule has 3 heterocycles. The number of fused-ring (bicyclic) bond motifs is 3. The molecule has 0 fully saturated rings. The molecule has 0 radical (unpaired) electrons. The van der Waals surface area contributed by atoms with Gasteiger partial charge in [-0.15, -0.1) is 22.7 Å². The molecule has 0 bridgehead atoms. The number of carboxylic acid groups (broad SMARTS) is 2. The highest BCUT2D eigenvalue weighted by atomic mass is 32.1. The Bertz CT molecular complexity index is 3370. The fourth-order valence-electron chi connectivity index (χ4n) is 7.89. The predicted octanol–water partition coefficient (Wildman–Crippen LogP) is 11.8. The number of phenols is 1. The fourth-order valence-corrected chi connectivity index (χ4v) is 9.79. The number of aromatic carboxylic acids is 2. The first kappa shape index (κ1) is 48.7. The molecule has 6 aromatic carbocycles. The minimum Gasteiger partial charge on any atom is -0.507 e. The molecule has 0 amide bonds. The summed E-state index contributed by atoms with van der Waals surface area (Å²) >= 11 is 2.97. The van der Waals surface area contributed by atoms with Crippen LogP contribution in [-0.4, -0.2) is 69.2 Å². The van der Waals surface area contributed by atoms with Crippen LogP contribution in [0.15, 0.2) is 143 Å². The number of phenolic OH excluding ortho intramolecular Hbond substituents is 1. The molecule has 9 aromatic rings. The van der Waals surface area contributed by atoms with Gasteiger partial charge in [-0.25, -0.2) is 24.4 Å². The Morgan fingerprint density at radius 3 is 1.74 bits per heavy atom. The smallest absolute Gasteiger partial charge is 0.347 e. The standard InChI is InChI=1S/C27H22N2O4S.C18H19NO4.C9H6N2S/c1-3-29(4-2)16-13-14-19-21(15-16)33-27(32)24(25-28-20-11-7-8-12-22(20)34-25)23(19)17-9-5-6-10-18(17)26(30)31;1-3-19(4-2)12-9-10-15(16(20)11-12)17(21)13-7-5-6-8-14(13)18(22)23;10-6-5-9-11-7-3-1-2-4-8(7)12-9/h5-15H,3-4H2,1-2H3,(H,30,31);5-11,20H,3-4H2,1-2H3,(H,22,23);1-4H,5H2. The van der Waals surface area contributed by atoms with Gasteiger partial charge in [-0.2, -0.15) is 5.26 Å². The lowest BCUT2D eigenvalue weighted by atomic mass is 9.93. The van der Waals surface area contributed by atoms with Crippen LogP contribution in [0.4, 0.5) is 11.4 Å². The van der Waals surface area contributed by atoms with Gasteiger partial charge in [0.15, 0.2) is 5.78 Å². The Labute approximate surface area is 405 Å². The number of thiazole rings is 2. The van der Waals surface area contributed by atoms with Crippen molar-refractivity contribution >= 4 is 83.2 Å². The van der Waals surface area contributed by atoms with Crippen LogP contribution in [0.25, 0.3) is 53.1 Å². The second kappa shape index (κ2) is 22.1. The van der Waals surface area contributed by atoms with Crippen molar-refractivity contribution in [3.05, 3.63) is 171 Å². The summed E-state index contributed by atoms with van der Waals surface area (Å²) in [7, 11) is 0. The second-order valence-corrected chi connectivity index (χ2v) is 17.4. The van der Waals surface area contributed by atoms with E-state index in [-0.39, 0.29) is 33.6 Å². The van der Waals surface area contributed by atoms with E-state index in [0.29, 0.717) is 33.5 Å². The lowest BCUT2D eigenvalue weighted by Crippen LogP contribution is -2.21. The number of carbonyl (C=O) groups excluding carboxylic acids is 1. The highest BCUT2D eigenvalue weighted by Gasteiger charge is 2.25. The molecule has 0 aliphatic carbocycles. The first-order chi connectivity index (χ1) is 33.4. The number of para-hydroxylation sites is 2.